The average Bonchev–Trinajstić information content (AvgIpc) is 3.36. The van der Waals surface area contributed by atoms with Crippen molar-refractivity contribution < 1.29 is 9.32 Å². The van der Waals surface area contributed by atoms with Gasteiger partial charge in [0.25, 0.3) is 11.8 Å². The second kappa shape index (κ2) is 6.37. The second-order valence-electron chi connectivity index (χ2n) is 5.40. The molecule has 0 aliphatic heterocycles. The molecule has 124 valence electrons. The minimum Gasteiger partial charge on any atom is -0.333 e. The first kappa shape index (κ1) is 15.3. The molecule has 0 bridgehead atoms. The molecular formula is C18H14N4O2S. The predicted octanol–water partition coefficient (Wildman–Crippen LogP) is 4.15. The molecular weight excluding hydrogens is 336 g/mol. The first-order valence-electron chi connectivity index (χ1n) is 7.63. The lowest BCUT2D eigenvalue weighted by Gasteiger charge is -2.07. The number of aromatic nitrogens is 3. The van der Waals surface area contributed by atoms with E-state index >= 15 is 0 Å². The third kappa shape index (κ3) is 3.09. The van der Waals surface area contributed by atoms with Crippen molar-refractivity contribution in [3.05, 3.63) is 71.6 Å². The summed E-state index contributed by atoms with van der Waals surface area (Å²) < 4.78 is 7.17. The highest BCUT2D eigenvalue weighted by Crippen LogP contribution is 2.32. The lowest BCUT2D eigenvalue weighted by Crippen LogP contribution is -2.11. The Kier molecular flexibility index (Phi) is 3.91. The standard InChI is InChI=1S/C18H14N4O2S/c1-12-19-18(24-21-12)16-15(8-11-25-16)20-17(23)13-4-6-14(7-5-13)22-9-2-3-10-22/h2-11H,1H3,(H,20,23). The largest absolute Gasteiger partial charge is 0.333 e. The van der Waals surface area contributed by atoms with Crippen LogP contribution in [-0.4, -0.2) is 20.6 Å². The van der Waals surface area contributed by atoms with Crippen molar-refractivity contribution in [3.8, 4) is 16.5 Å². The van der Waals surface area contributed by atoms with Gasteiger partial charge in [-0.2, -0.15) is 4.98 Å². The van der Waals surface area contributed by atoms with Gasteiger partial charge in [0.15, 0.2) is 5.82 Å². The van der Waals surface area contributed by atoms with E-state index in [-0.39, 0.29) is 5.91 Å². The zero-order valence-corrected chi connectivity index (χ0v) is 14.2. The van der Waals surface area contributed by atoms with Crippen molar-refractivity contribution in [1.82, 2.24) is 14.7 Å². The Morgan fingerprint density at radius 3 is 2.60 bits per heavy atom. The Morgan fingerprint density at radius 1 is 1.16 bits per heavy atom. The van der Waals surface area contributed by atoms with Crippen LogP contribution in [0.15, 0.2) is 64.8 Å². The molecule has 4 aromatic rings. The van der Waals surface area contributed by atoms with Gasteiger partial charge in [0.1, 0.15) is 4.88 Å². The number of nitrogens with one attached hydrogen (secondary N) is 1. The summed E-state index contributed by atoms with van der Waals surface area (Å²) in [6.45, 7) is 1.76. The lowest BCUT2D eigenvalue weighted by atomic mass is 10.2. The number of rotatable bonds is 4. The Bertz CT molecular complexity index is 1000. The molecule has 0 spiro atoms. The van der Waals surface area contributed by atoms with Gasteiger partial charge in [-0.3, -0.25) is 4.79 Å². The highest BCUT2D eigenvalue weighted by atomic mass is 32.1. The monoisotopic (exact) mass is 350 g/mol. The van der Waals surface area contributed by atoms with Gasteiger partial charge in [0, 0.05) is 23.6 Å². The number of aryl methyl sites for hydroxylation is 1. The van der Waals surface area contributed by atoms with E-state index < -0.39 is 0 Å². The summed E-state index contributed by atoms with van der Waals surface area (Å²) in [5, 5.41) is 8.57. The molecule has 3 aromatic heterocycles. The van der Waals surface area contributed by atoms with E-state index in [2.05, 4.69) is 15.5 Å². The molecule has 0 aliphatic carbocycles. The molecule has 3 heterocycles. The number of anilines is 1. The normalized spacial score (nSPS) is 10.8. The van der Waals surface area contributed by atoms with Crippen molar-refractivity contribution in [2.45, 2.75) is 6.92 Å². The van der Waals surface area contributed by atoms with Crippen LogP contribution in [-0.2, 0) is 0 Å². The second-order valence-corrected chi connectivity index (χ2v) is 6.32. The lowest BCUT2D eigenvalue weighted by molar-refractivity contribution is 0.102. The molecule has 0 radical (unpaired) electrons. The molecule has 25 heavy (non-hydrogen) atoms. The van der Waals surface area contributed by atoms with Gasteiger partial charge >= 0.3 is 0 Å². The van der Waals surface area contributed by atoms with E-state index in [1.165, 1.54) is 11.3 Å². The Hall–Kier alpha value is -3.19. The van der Waals surface area contributed by atoms with Gasteiger partial charge in [-0.05, 0) is 54.8 Å². The van der Waals surface area contributed by atoms with Gasteiger partial charge in [-0.1, -0.05) is 5.16 Å². The van der Waals surface area contributed by atoms with Gasteiger partial charge in [-0.15, -0.1) is 11.3 Å². The van der Waals surface area contributed by atoms with Crippen LogP contribution in [0.2, 0.25) is 0 Å². The van der Waals surface area contributed by atoms with Crippen LogP contribution in [0.1, 0.15) is 16.2 Å². The maximum absolute atomic E-state index is 12.5. The van der Waals surface area contributed by atoms with Gasteiger partial charge in [0.2, 0.25) is 0 Å². The Balaban J connectivity index is 1.54. The van der Waals surface area contributed by atoms with Crippen LogP contribution in [0, 0.1) is 6.92 Å². The fourth-order valence-electron chi connectivity index (χ4n) is 2.45. The summed E-state index contributed by atoms with van der Waals surface area (Å²) in [4.78, 5) is 17.5. The fraction of sp³-hybridized carbons (Fsp3) is 0.0556. The van der Waals surface area contributed by atoms with Crippen LogP contribution in [0.3, 0.4) is 0 Å². The molecule has 0 fully saturated rings. The van der Waals surface area contributed by atoms with Crippen LogP contribution in [0.4, 0.5) is 5.69 Å². The minimum atomic E-state index is -0.185. The SMILES string of the molecule is Cc1noc(-c2sccc2NC(=O)c2ccc(-n3cccc3)cc2)n1. The third-order valence-electron chi connectivity index (χ3n) is 3.67. The first-order chi connectivity index (χ1) is 12.2. The zero-order valence-electron chi connectivity index (χ0n) is 13.3. The van der Waals surface area contributed by atoms with Crippen molar-refractivity contribution in [1.29, 1.82) is 0 Å². The number of thiophene rings is 1. The summed E-state index contributed by atoms with van der Waals surface area (Å²) in [7, 11) is 0. The van der Waals surface area contributed by atoms with E-state index in [4.69, 9.17) is 4.52 Å². The van der Waals surface area contributed by atoms with Crippen molar-refractivity contribution in [2.24, 2.45) is 0 Å². The van der Waals surface area contributed by atoms with Crippen LogP contribution >= 0.6 is 11.3 Å². The molecule has 6 nitrogen and oxygen atoms in total. The number of hydrogen-bond donors (Lipinski definition) is 1. The molecule has 1 aromatic carbocycles. The summed E-state index contributed by atoms with van der Waals surface area (Å²) in [5.74, 6) is 0.780. The Labute approximate surface area is 147 Å². The molecule has 0 saturated heterocycles. The third-order valence-corrected chi connectivity index (χ3v) is 4.57. The first-order valence-corrected chi connectivity index (χ1v) is 8.51. The number of carbonyl (C=O) groups excluding carboxylic acids is 1. The van der Waals surface area contributed by atoms with Crippen molar-refractivity contribution in [3.63, 3.8) is 0 Å². The maximum atomic E-state index is 12.5. The van der Waals surface area contributed by atoms with E-state index in [1.54, 1.807) is 19.1 Å². The quantitative estimate of drug-likeness (QED) is 0.600. The van der Waals surface area contributed by atoms with Crippen LogP contribution < -0.4 is 5.32 Å². The Morgan fingerprint density at radius 2 is 1.92 bits per heavy atom. The van der Waals surface area contributed by atoms with Crippen LogP contribution in [0.25, 0.3) is 16.5 Å². The average molecular weight is 350 g/mol. The molecule has 0 unspecified atom stereocenters. The summed E-state index contributed by atoms with van der Waals surface area (Å²) in [6, 6.07) is 13.2. The number of benzene rings is 1. The predicted molar refractivity (Wildman–Crippen MR) is 96.1 cm³/mol. The van der Waals surface area contributed by atoms with E-state index in [0.717, 1.165) is 10.6 Å². The minimum absolute atomic E-state index is 0.185. The fourth-order valence-corrected chi connectivity index (χ4v) is 3.22. The van der Waals surface area contributed by atoms with Gasteiger partial charge in [-0.25, -0.2) is 0 Å². The number of hydrogen-bond acceptors (Lipinski definition) is 5. The highest BCUT2D eigenvalue weighted by Gasteiger charge is 2.16. The summed E-state index contributed by atoms with van der Waals surface area (Å²) in [6.07, 6.45) is 3.91. The smallest absolute Gasteiger partial charge is 0.270 e. The van der Waals surface area contributed by atoms with Crippen molar-refractivity contribution >= 4 is 22.9 Å². The molecule has 0 atom stereocenters. The molecule has 4 rings (SSSR count). The number of carbonyl (C=O) groups is 1. The van der Waals surface area contributed by atoms with E-state index in [9.17, 15) is 4.79 Å². The summed E-state index contributed by atoms with van der Waals surface area (Å²) >= 11 is 1.44. The number of amides is 1. The molecule has 0 aliphatic rings. The van der Waals surface area contributed by atoms with Crippen molar-refractivity contribution in [2.75, 3.05) is 5.32 Å². The maximum Gasteiger partial charge on any atom is 0.270 e. The zero-order chi connectivity index (χ0) is 17.2. The number of nitrogens with zero attached hydrogens (tertiary/aromatic N) is 3. The van der Waals surface area contributed by atoms with Crippen LogP contribution in [0.5, 0.6) is 0 Å². The highest BCUT2D eigenvalue weighted by molar-refractivity contribution is 7.14. The van der Waals surface area contributed by atoms with Gasteiger partial charge < -0.3 is 14.4 Å². The van der Waals surface area contributed by atoms with Gasteiger partial charge in [0.05, 0.1) is 5.69 Å². The van der Waals surface area contributed by atoms with E-state index in [1.807, 2.05) is 52.7 Å². The molecule has 0 saturated carbocycles. The summed E-state index contributed by atoms with van der Waals surface area (Å²) in [5.41, 5.74) is 2.24. The molecule has 7 heteroatoms. The molecule has 1 amide bonds. The topological polar surface area (TPSA) is 73.0 Å². The van der Waals surface area contributed by atoms with E-state index in [0.29, 0.717) is 23.0 Å². The molecule has 1 N–H and O–H groups in total.